The van der Waals surface area contributed by atoms with Gasteiger partial charge in [-0.15, -0.1) is 0 Å². The number of halogens is 1. The lowest BCUT2D eigenvalue weighted by molar-refractivity contribution is -0.139. The molecule has 2 nitrogen and oxygen atoms in total. The first-order valence-corrected chi connectivity index (χ1v) is 5.97. The van der Waals surface area contributed by atoms with E-state index in [0.717, 1.165) is 5.56 Å². The van der Waals surface area contributed by atoms with E-state index in [1.165, 1.54) is 0 Å². The SMILES string of the molecule is CC1(C)[C@H](C(=O)O)[C@@H]1/C=C/c1ccc(Cl)cc1. The van der Waals surface area contributed by atoms with Gasteiger partial charge in [0.25, 0.3) is 0 Å². The van der Waals surface area contributed by atoms with Crippen molar-refractivity contribution in [2.75, 3.05) is 0 Å². The van der Waals surface area contributed by atoms with Gasteiger partial charge in [0, 0.05) is 5.02 Å². The molecule has 1 aliphatic rings. The lowest BCUT2D eigenvalue weighted by Crippen LogP contribution is -2.02. The smallest absolute Gasteiger partial charge is 0.307 e. The second-order valence-corrected chi connectivity index (χ2v) is 5.51. The molecule has 1 N–H and O–H groups in total. The number of aliphatic carboxylic acids is 1. The summed E-state index contributed by atoms with van der Waals surface area (Å²) in [6.07, 6.45) is 3.95. The standard InChI is InChI=1S/C14H15ClO2/c1-14(2)11(12(14)13(16)17)8-5-9-3-6-10(15)7-4-9/h3-8,11-12H,1-2H3,(H,16,17)/b8-5+/t11-,12-/m0/s1. The minimum Gasteiger partial charge on any atom is -0.481 e. The van der Waals surface area contributed by atoms with Crippen LogP contribution in [0.25, 0.3) is 6.08 Å². The van der Waals surface area contributed by atoms with E-state index in [-0.39, 0.29) is 17.3 Å². The van der Waals surface area contributed by atoms with Crippen molar-refractivity contribution in [3.05, 3.63) is 40.9 Å². The predicted octanol–water partition coefficient (Wildman–Crippen LogP) is 3.71. The largest absolute Gasteiger partial charge is 0.481 e. The molecule has 0 aromatic heterocycles. The molecular formula is C14H15ClO2. The monoisotopic (exact) mass is 250 g/mol. The predicted molar refractivity (Wildman–Crippen MR) is 68.9 cm³/mol. The van der Waals surface area contributed by atoms with Gasteiger partial charge in [-0.25, -0.2) is 0 Å². The molecule has 1 aromatic carbocycles. The zero-order chi connectivity index (χ0) is 12.6. The van der Waals surface area contributed by atoms with Crippen LogP contribution in [0.15, 0.2) is 30.3 Å². The minimum absolute atomic E-state index is 0.121. The molecule has 2 rings (SSSR count). The van der Waals surface area contributed by atoms with Gasteiger partial charge < -0.3 is 5.11 Å². The quantitative estimate of drug-likeness (QED) is 0.888. The van der Waals surface area contributed by atoms with Crippen LogP contribution in [0.2, 0.25) is 5.02 Å². The van der Waals surface area contributed by atoms with Gasteiger partial charge in [0.2, 0.25) is 0 Å². The summed E-state index contributed by atoms with van der Waals surface area (Å²) in [6.45, 7) is 3.98. The van der Waals surface area contributed by atoms with Crippen LogP contribution in [0.4, 0.5) is 0 Å². The summed E-state index contributed by atoms with van der Waals surface area (Å²) in [5.41, 5.74) is 0.913. The Hall–Kier alpha value is -1.28. The fraction of sp³-hybridized carbons (Fsp3) is 0.357. The summed E-state index contributed by atoms with van der Waals surface area (Å²) in [4.78, 5) is 11.0. The molecule has 3 heteroatoms. The second-order valence-electron chi connectivity index (χ2n) is 5.07. The molecule has 1 aliphatic carbocycles. The third-order valence-electron chi connectivity index (χ3n) is 3.54. The molecule has 0 saturated heterocycles. The number of allylic oxidation sites excluding steroid dienone is 1. The lowest BCUT2D eigenvalue weighted by Gasteiger charge is -1.97. The van der Waals surface area contributed by atoms with Crippen LogP contribution < -0.4 is 0 Å². The first kappa shape index (κ1) is 12.2. The van der Waals surface area contributed by atoms with Crippen molar-refractivity contribution >= 4 is 23.6 Å². The highest BCUT2D eigenvalue weighted by atomic mass is 35.5. The van der Waals surface area contributed by atoms with E-state index in [0.29, 0.717) is 5.02 Å². The summed E-state index contributed by atoms with van der Waals surface area (Å²) in [7, 11) is 0. The van der Waals surface area contributed by atoms with Gasteiger partial charge >= 0.3 is 5.97 Å². The van der Waals surface area contributed by atoms with Gasteiger partial charge in [-0.3, -0.25) is 4.79 Å². The minimum atomic E-state index is -0.708. The van der Waals surface area contributed by atoms with E-state index in [9.17, 15) is 4.79 Å². The number of carboxylic acid groups (broad SMARTS) is 1. The van der Waals surface area contributed by atoms with Gasteiger partial charge in [-0.2, -0.15) is 0 Å². The number of hydrogen-bond donors (Lipinski definition) is 1. The highest BCUT2D eigenvalue weighted by Crippen LogP contribution is 2.59. The maximum atomic E-state index is 11.0. The second kappa shape index (κ2) is 4.19. The molecule has 0 bridgehead atoms. The molecule has 90 valence electrons. The Morgan fingerprint density at radius 1 is 1.35 bits per heavy atom. The molecule has 1 fully saturated rings. The molecule has 0 aliphatic heterocycles. The average Bonchev–Trinajstić information content (AvgIpc) is 2.80. The topological polar surface area (TPSA) is 37.3 Å². The van der Waals surface area contributed by atoms with Gasteiger partial charge in [0.05, 0.1) is 5.92 Å². The van der Waals surface area contributed by atoms with Crippen LogP contribution >= 0.6 is 11.6 Å². The van der Waals surface area contributed by atoms with Crippen molar-refractivity contribution in [2.45, 2.75) is 13.8 Å². The van der Waals surface area contributed by atoms with Crippen molar-refractivity contribution in [1.82, 2.24) is 0 Å². The fourth-order valence-corrected chi connectivity index (χ4v) is 2.42. The van der Waals surface area contributed by atoms with Gasteiger partial charge in [-0.1, -0.05) is 49.7 Å². The normalized spacial score (nSPS) is 26.1. The van der Waals surface area contributed by atoms with Gasteiger partial charge in [0.15, 0.2) is 0 Å². The Balaban J connectivity index is 2.08. The van der Waals surface area contributed by atoms with Crippen LogP contribution in [0.1, 0.15) is 19.4 Å². The summed E-state index contributed by atoms with van der Waals surface area (Å²) >= 11 is 5.79. The van der Waals surface area contributed by atoms with Crippen LogP contribution in [-0.2, 0) is 4.79 Å². The molecule has 0 heterocycles. The highest BCUT2D eigenvalue weighted by molar-refractivity contribution is 6.30. The van der Waals surface area contributed by atoms with E-state index < -0.39 is 5.97 Å². The molecule has 0 radical (unpaired) electrons. The molecule has 1 saturated carbocycles. The Morgan fingerprint density at radius 2 is 1.94 bits per heavy atom. The van der Waals surface area contributed by atoms with Crippen LogP contribution in [0, 0.1) is 17.3 Å². The maximum Gasteiger partial charge on any atom is 0.307 e. The van der Waals surface area contributed by atoms with Crippen molar-refractivity contribution in [3.8, 4) is 0 Å². The Bertz CT molecular complexity index is 460. The van der Waals surface area contributed by atoms with Crippen LogP contribution in [0.5, 0.6) is 0 Å². The molecule has 1 aromatic rings. The highest BCUT2D eigenvalue weighted by Gasteiger charge is 2.60. The number of carboxylic acids is 1. The molecule has 0 unspecified atom stereocenters. The van der Waals surface area contributed by atoms with Crippen LogP contribution in [0.3, 0.4) is 0 Å². The Kier molecular flexibility index (Phi) is 3.00. The first-order chi connectivity index (χ1) is 7.93. The molecule has 0 spiro atoms. The summed E-state index contributed by atoms with van der Waals surface area (Å²) in [5.74, 6) is -0.845. The van der Waals surface area contributed by atoms with Gasteiger partial charge in [0.1, 0.15) is 0 Å². The maximum absolute atomic E-state index is 11.0. The van der Waals surface area contributed by atoms with E-state index in [4.69, 9.17) is 16.7 Å². The number of hydrogen-bond acceptors (Lipinski definition) is 1. The third-order valence-corrected chi connectivity index (χ3v) is 3.79. The van der Waals surface area contributed by atoms with Crippen LogP contribution in [-0.4, -0.2) is 11.1 Å². The van der Waals surface area contributed by atoms with Gasteiger partial charge in [-0.05, 0) is 29.0 Å². The molecule has 2 atom stereocenters. The Labute approximate surface area is 106 Å². The zero-order valence-electron chi connectivity index (χ0n) is 9.85. The molecular weight excluding hydrogens is 236 g/mol. The van der Waals surface area contributed by atoms with Crippen molar-refractivity contribution < 1.29 is 9.90 Å². The number of rotatable bonds is 3. The zero-order valence-corrected chi connectivity index (χ0v) is 10.6. The summed E-state index contributed by atoms with van der Waals surface area (Å²) in [5, 5.41) is 9.75. The Morgan fingerprint density at radius 3 is 2.41 bits per heavy atom. The van der Waals surface area contributed by atoms with E-state index in [2.05, 4.69) is 0 Å². The van der Waals surface area contributed by atoms with E-state index in [1.807, 2.05) is 50.3 Å². The van der Waals surface area contributed by atoms with Crippen molar-refractivity contribution in [2.24, 2.45) is 17.3 Å². The first-order valence-electron chi connectivity index (χ1n) is 5.59. The molecule has 17 heavy (non-hydrogen) atoms. The van der Waals surface area contributed by atoms with E-state index in [1.54, 1.807) is 0 Å². The van der Waals surface area contributed by atoms with Crippen molar-refractivity contribution in [3.63, 3.8) is 0 Å². The molecule has 0 amide bonds. The van der Waals surface area contributed by atoms with Crippen molar-refractivity contribution in [1.29, 1.82) is 0 Å². The fourth-order valence-electron chi connectivity index (χ4n) is 2.30. The van der Waals surface area contributed by atoms with E-state index >= 15 is 0 Å². The lowest BCUT2D eigenvalue weighted by atomic mass is 10.1. The summed E-state index contributed by atoms with van der Waals surface area (Å²) < 4.78 is 0. The number of benzene rings is 1. The summed E-state index contributed by atoms with van der Waals surface area (Å²) in [6, 6.07) is 7.50. The third kappa shape index (κ3) is 2.37. The average molecular weight is 251 g/mol. The number of carbonyl (C=O) groups is 1.